The summed E-state index contributed by atoms with van der Waals surface area (Å²) < 4.78 is 6.68. The van der Waals surface area contributed by atoms with Gasteiger partial charge in [0, 0.05) is 26.2 Å². The van der Waals surface area contributed by atoms with Crippen LogP contribution in [0.1, 0.15) is 25.8 Å². The highest BCUT2D eigenvalue weighted by atomic mass is 32.1. The molecule has 0 aliphatic carbocycles. The molecule has 0 saturated carbocycles. The second-order valence-electron chi connectivity index (χ2n) is 6.63. The van der Waals surface area contributed by atoms with Crippen molar-refractivity contribution in [3.05, 3.63) is 23.8 Å². The van der Waals surface area contributed by atoms with Crippen LogP contribution in [-0.2, 0) is 9.53 Å². The summed E-state index contributed by atoms with van der Waals surface area (Å²) in [7, 11) is 0. The number of nitrogens with zero attached hydrogens (tertiary/aromatic N) is 2. The molecule has 2 aromatic rings. The number of carbonyl (C=O) groups excluding carboxylic acids is 1. The molecule has 1 fully saturated rings. The number of aryl methyl sites for hydroxylation is 1. The summed E-state index contributed by atoms with van der Waals surface area (Å²) >= 11 is 1.70. The molecule has 1 aromatic heterocycles. The molecule has 5 nitrogen and oxygen atoms in total. The Hall–Kier alpha value is -1.66. The molecule has 1 N–H and O–H groups in total. The minimum atomic E-state index is 0.0739. The number of fused-ring (bicyclic) bond motifs is 1. The van der Waals surface area contributed by atoms with E-state index in [2.05, 4.69) is 40.3 Å². The summed E-state index contributed by atoms with van der Waals surface area (Å²) in [6, 6.07) is 6.31. The molecule has 1 aliphatic heterocycles. The first kappa shape index (κ1) is 17.2. The minimum absolute atomic E-state index is 0.0739. The zero-order valence-electron chi connectivity index (χ0n) is 14.5. The van der Waals surface area contributed by atoms with Gasteiger partial charge in [-0.2, -0.15) is 0 Å². The second kappa shape index (κ2) is 7.49. The van der Waals surface area contributed by atoms with E-state index in [1.54, 1.807) is 11.3 Å². The Morgan fingerprint density at radius 1 is 1.46 bits per heavy atom. The van der Waals surface area contributed by atoms with E-state index < -0.39 is 0 Å². The number of hydrogen-bond donors (Lipinski definition) is 1. The van der Waals surface area contributed by atoms with Crippen LogP contribution in [-0.4, -0.2) is 43.2 Å². The third-order valence-electron chi connectivity index (χ3n) is 4.13. The molecule has 1 aliphatic rings. The van der Waals surface area contributed by atoms with Crippen molar-refractivity contribution in [2.75, 3.05) is 31.1 Å². The van der Waals surface area contributed by atoms with Crippen LogP contribution < -0.4 is 10.2 Å². The summed E-state index contributed by atoms with van der Waals surface area (Å²) in [5, 5.41) is 4.02. The highest BCUT2D eigenvalue weighted by Gasteiger charge is 2.34. The van der Waals surface area contributed by atoms with Gasteiger partial charge in [0.05, 0.1) is 22.2 Å². The van der Waals surface area contributed by atoms with Gasteiger partial charge in [-0.15, -0.1) is 0 Å². The lowest BCUT2D eigenvalue weighted by atomic mass is 10.00. The Bertz CT molecular complexity index is 707. The third-order valence-corrected chi connectivity index (χ3v) is 5.21. The molecule has 130 valence electrons. The van der Waals surface area contributed by atoms with Crippen LogP contribution in [0.3, 0.4) is 0 Å². The van der Waals surface area contributed by atoms with Gasteiger partial charge in [-0.1, -0.05) is 17.4 Å². The van der Waals surface area contributed by atoms with Gasteiger partial charge in [-0.3, -0.25) is 4.79 Å². The fraction of sp³-hybridized carbons (Fsp3) is 0.556. The Morgan fingerprint density at radius 3 is 3.00 bits per heavy atom. The van der Waals surface area contributed by atoms with Gasteiger partial charge in [0.2, 0.25) is 5.91 Å². The van der Waals surface area contributed by atoms with E-state index in [0.29, 0.717) is 13.2 Å². The van der Waals surface area contributed by atoms with Gasteiger partial charge >= 0.3 is 0 Å². The maximum Gasteiger partial charge on any atom is 0.226 e. The first-order valence-corrected chi connectivity index (χ1v) is 9.36. The van der Waals surface area contributed by atoms with Crippen molar-refractivity contribution in [3.63, 3.8) is 0 Å². The van der Waals surface area contributed by atoms with Gasteiger partial charge in [0.25, 0.3) is 0 Å². The molecule has 1 aromatic carbocycles. The monoisotopic (exact) mass is 347 g/mol. The molecule has 0 radical (unpaired) electrons. The molecule has 6 heteroatoms. The maximum atomic E-state index is 12.1. The van der Waals surface area contributed by atoms with Gasteiger partial charge < -0.3 is 15.0 Å². The average Bonchev–Trinajstić information content (AvgIpc) is 2.87. The molecule has 1 amide bonds. The summed E-state index contributed by atoms with van der Waals surface area (Å²) in [6.07, 6.45) is 1.11. The molecule has 24 heavy (non-hydrogen) atoms. The van der Waals surface area contributed by atoms with E-state index in [4.69, 9.17) is 4.74 Å². The standard InChI is InChI=1S/C18H25N3O2S/c1-12(2)23-8-4-7-19-17(22)14-10-21(11-14)18-20-15-6-5-13(3)9-16(15)24-18/h5-6,9,12,14H,4,7-8,10-11H2,1-3H3,(H,19,22). The van der Waals surface area contributed by atoms with Crippen LogP contribution in [0.25, 0.3) is 10.2 Å². The van der Waals surface area contributed by atoms with Crippen LogP contribution in [0.2, 0.25) is 0 Å². The Kier molecular flexibility index (Phi) is 5.36. The van der Waals surface area contributed by atoms with Gasteiger partial charge in [0.15, 0.2) is 5.13 Å². The van der Waals surface area contributed by atoms with Crippen molar-refractivity contribution >= 4 is 32.6 Å². The SMILES string of the molecule is Cc1ccc2nc(N3CC(C(=O)NCCCOC(C)C)C3)sc2c1. The molecule has 0 atom stereocenters. The van der Waals surface area contributed by atoms with Crippen molar-refractivity contribution in [1.29, 1.82) is 0 Å². The van der Waals surface area contributed by atoms with E-state index in [9.17, 15) is 4.79 Å². The number of benzene rings is 1. The first-order valence-electron chi connectivity index (χ1n) is 8.54. The molecular weight excluding hydrogens is 322 g/mol. The molecule has 0 bridgehead atoms. The Balaban J connectivity index is 1.43. The van der Waals surface area contributed by atoms with Crippen LogP contribution in [0.4, 0.5) is 5.13 Å². The van der Waals surface area contributed by atoms with Gasteiger partial charge in [0.1, 0.15) is 0 Å². The highest BCUT2D eigenvalue weighted by molar-refractivity contribution is 7.22. The summed E-state index contributed by atoms with van der Waals surface area (Å²) in [5.41, 5.74) is 2.29. The second-order valence-corrected chi connectivity index (χ2v) is 7.64. The quantitative estimate of drug-likeness (QED) is 0.783. The zero-order valence-corrected chi connectivity index (χ0v) is 15.4. The molecule has 3 rings (SSSR count). The summed E-state index contributed by atoms with van der Waals surface area (Å²) in [5.74, 6) is 0.220. The molecule has 0 unspecified atom stereocenters. The minimum Gasteiger partial charge on any atom is -0.379 e. The number of aromatic nitrogens is 1. The highest BCUT2D eigenvalue weighted by Crippen LogP contribution is 2.33. The van der Waals surface area contributed by atoms with Crippen molar-refractivity contribution in [1.82, 2.24) is 10.3 Å². The fourth-order valence-electron chi connectivity index (χ4n) is 2.70. The number of carbonyl (C=O) groups is 1. The number of hydrogen-bond acceptors (Lipinski definition) is 5. The van der Waals surface area contributed by atoms with Crippen molar-refractivity contribution in [2.45, 2.75) is 33.3 Å². The number of nitrogens with one attached hydrogen (secondary N) is 1. The average molecular weight is 347 g/mol. The van der Waals surface area contributed by atoms with Crippen molar-refractivity contribution < 1.29 is 9.53 Å². The number of anilines is 1. The summed E-state index contributed by atoms with van der Waals surface area (Å²) in [4.78, 5) is 19.0. The smallest absolute Gasteiger partial charge is 0.226 e. The molecule has 1 saturated heterocycles. The number of amides is 1. The van der Waals surface area contributed by atoms with Crippen molar-refractivity contribution in [2.24, 2.45) is 5.92 Å². The Labute approximate surface area is 147 Å². The van der Waals surface area contributed by atoms with Crippen molar-refractivity contribution in [3.8, 4) is 0 Å². The first-order chi connectivity index (χ1) is 11.5. The normalized spacial score (nSPS) is 15.1. The largest absolute Gasteiger partial charge is 0.379 e. The fourth-order valence-corrected chi connectivity index (χ4v) is 3.78. The van der Waals surface area contributed by atoms with Gasteiger partial charge in [-0.05, 0) is 44.9 Å². The molecule has 0 spiro atoms. The number of thiazole rings is 1. The predicted molar refractivity (Wildman–Crippen MR) is 98.8 cm³/mol. The van der Waals surface area contributed by atoms with Crippen LogP contribution in [0, 0.1) is 12.8 Å². The predicted octanol–water partition coefficient (Wildman–Crippen LogP) is 2.97. The maximum absolute atomic E-state index is 12.1. The lowest BCUT2D eigenvalue weighted by Crippen LogP contribution is -2.53. The molecular formula is C18H25N3O2S. The Morgan fingerprint density at radius 2 is 2.25 bits per heavy atom. The lowest BCUT2D eigenvalue weighted by molar-refractivity contribution is -0.125. The zero-order chi connectivity index (χ0) is 17.1. The number of ether oxygens (including phenoxy) is 1. The van der Waals surface area contributed by atoms with E-state index in [-0.39, 0.29) is 17.9 Å². The van der Waals surface area contributed by atoms with E-state index in [1.807, 2.05) is 13.8 Å². The third kappa shape index (κ3) is 4.05. The van der Waals surface area contributed by atoms with Crippen LogP contribution in [0.5, 0.6) is 0 Å². The molecule has 2 heterocycles. The van der Waals surface area contributed by atoms with E-state index in [0.717, 1.165) is 30.2 Å². The van der Waals surface area contributed by atoms with Crippen LogP contribution in [0.15, 0.2) is 18.2 Å². The lowest BCUT2D eigenvalue weighted by Gasteiger charge is -2.37. The summed E-state index contributed by atoms with van der Waals surface area (Å²) in [6.45, 7) is 9.02. The number of rotatable bonds is 7. The van der Waals surface area contributed by atoms with E-state index >= 15 is 0 Å². The van der Waals surface area contributed by atoms with Gasteiger partial charge in [-0.25, -0.2) is 4.98 Å². The van der Waals surface area contributed by atoms with Crippen LogP contribution >= 0.6 is 11.3 Å². The van der Waals surface area contributed by atoms with E-state index in [1.165, 1.54) is 10.3 Å². The topological polar surface area (TPSA) is 54.5 Å².